The van der Waals surface area contributed by atoms with E-state index in [0.29, 0.717) is 22.5 Å². The fourth-order valence-electron chi connectivity index (χ4n) is 9.38. The van der Waals surface area contributed by atoms with Crippen molar-refractivity contribution in [3.8, 4) is 0 Å². The highest BCUT2D eigenvalue weighted by Gasteiger charge is 2.47. The number of piperidine rings is 1. The number of fused-ring (bicyclic) bond motifs is 3. The number of hydrogen-bond donors (Lipinski definition) is 0. The number of amides is 1. The van der Waals surface area contributed by atoms with Gasteiger partial charge in [-0.15, -0.1) is 0 Å². The molecule has 4 heterocycles. The summed E-state index contributed by atoms with van der Waals surface area (Å²) in [6.07, 6.45) is 13.2. The minimum Gasteiger partial charge on any atom is -0.444 e. The van der Waals surface area contributed by atoms with Gasteiger partial charge in [-0.05, 0) is 116 Å². The quantitative estimate of drug-likeness (QED) is 0.241. The number of carbonyl (C=O) groups is 1. The summed E-state index contributed by atoms with van der Waals surface area (Å²) < 4.78 is 8.40. The second kappa shape index (κ2) is 12.6. The van der Waals surface area contributed by atoms with Crippen LogP contribution in [0, 0.1) is 0 Å². The molecule has 0 atom stereocenters. The normalized spacial score (nSPS) is 17.9. The summed E-state index contributed by atoms with van der Waals surface area (Å²) in [5.74, 6) is 0.383. The number of aromatic nitrogens is 3. The molecule has 0 aromatic carbocycles. The number of pyridine rings is 2. The van der Waals surface area contributed by atoms with Crippen molar-refractivity contribution >= 4 is 30.9 Å². The van der Waals surface area contributed by atoms with E-state index >= 15 is 0 Å². The van der Waals surface area contributed by atoms with Crippen LogP contribution in [0.15, 0.2) is 36.2 Å². The number of carbonyl (C=O) groups excluding carboxylic acids is 1. The van der Waals surface area contributed by atoms with E-state index in [1.807, 2.05) is 25.7 Å². The van der Waals surface area contributed by atoms with Gasteiger partial charge < -0.3 is 13.9 Å². The van der Waals surface area contributed by atoms with Gasteiger partial charge in [0, 0.05) is 49.4 Å². The zero-order valence-electron chi connectivity index (χ0n) is 29.9. The Morgan fingerprint density at radius 2 is 1.67 bits per heavy atom. The Balaban J connectivity index is 1.35. The molecule has 3 aromatic rings. The molecule has 6 nitrogen and oxygen atoms in total. The highest BCUT2D eigenvalue weighted by atomic mass is 28.3. The molecule has 1 aliphatic heterocycles. The maximum atomic E-state index is 12.9. The second-order valence-corrected chi connectivity index (χ2v) is 21.9. The largest absolute Gasteiger partial charge is 0.444 e. The first-order chi connectivity index (χ1) is 21.8. The molecule has 0 unspecified atom stereocenters. The number of ether oxygens (including phenoxy) is 1. The van der Waals surface area contributed by atoms with Crippen LogP contribution in [0.2, 0.25) is 16.6 Å². The van der Waals surface area contributed by atoms with E-state index in [1.165, 1.54) is 53.5 Å². The van der Waals surface area contributed by atoms with Crippen molar-refractivity contribution in [3.05, 3.63) is 64.2 Å². The summed E-state index contributed by atoms with van der Waals surface area (Å²) in [4.78, 5) is 25.3. The molecule has 0 bridgehead atoms. The zero-order valence-corrected chi connectivity index (χ0v) is 30.9. The molecular weight excluding hydrogens is 585 g/mol. The number of nitrogens with zero attached hydrogens (tertiary/aromatic N) is 4. The summed E-state index contributed by atoms with van der Waals surface area (Å²) in [6, 6.07) is 7.01. The Hall–Kier alpha value is -2.93. The van der Waals surface area contributed by atoms with Crippen molar-refractivity contribution in [3.63, 3.8) is 0 Å². The van der Waals surface area contributed by atoms with E-state index in [0.717, 1.165) is 50.1 Å². The van der Waals surface area contributed by atoms with Crippen molar-refractivity contribution < 1.29 is 9.53 Å². The number of likely N-dealkylation sites (tertiary alicyclic amines) is 1. The van der Waals surface area contributed by atoms with Gasteiger partial charge in [-0.2, -0.15) is 0 Å². The molecule has 248 valence electrons. The average molecular weight is 641 g/mol. The van der Waals surface area contributed by atoms with Gasteiger partial charge >= 0.3 is 6.09 Å². The molecular formula is C39H56N4O2Si. The second-order valence-electron chi connectivity index (χ2n) is 16.2. The monoisotopic (exact) mass is 640 g/mol. The fraction of sp³-hybridized carbons (Fsp3) is 0.615. The van der Waals surface area contributed by atoms with Gasteiger partial charge in [0.2, 0.25) is 0 Å². The maximum Gasteiger partial charge on any atom is 0.410 e. The van der Waals surface area contributed by atoms with Crippen LogP contribution >= 0.6 is 0 Å². The molecule has 46 heavy (non-hydrogen) atoms. The Kier molecular flexibility index (Phi) is 9.03. The molecule has 0 saturated carbocycles. The van der Waals surface area contributed by atoms with E-state index in [4.69, 9.17) is 14.7 Å². The van der Waals surface area contributed by atoms with E-state index in [9.17, 15) is 4.79 Å². The van der Waals surface area contributed by atoms with Gasteiger partial charge in [0.15, 0.2) is 8.24 Å². The molecule has 1 amide bonds. The summed E-state index contributed by atoms with van der Waals surface area (Å²) >= 11 is 0. The lowest BCUT2D eigenvalue weighted by molar-refractivity contribution is 0.0205. The lowest BCUT2D eigenvalue weighted by atomic mass is 9.89. The van der Waals surface area contributed by atoms with Crippen LogP contribution in [0.3, 0.4) is 0 Å². The minimum absolute atomic E-state index is 0.193. The summed E-state index contributed by atoms with van der Waals surface area (Å²) in [6.45, 7) is 21.8. The van der Waals surface area contributed by atoms with Crippen LogP contribution in [0.1, 0.15) is 135 Å². The van der Waals surface area contributed by atoms with Crippen molar-refractivity contribution in [1.29, 1.82) is 0 Å². The van der Waals surface area contributed by atoms with Crippen molar-refractivity contribution in [2.75, 3.05) is 13.1 Å². The SMILES string of the molecule is CC(C)[Si](C(C)C)(C(C)C)n1cc(C2CCN(C(=O)OC(C)(C)C)CC2)c2cc(Cc3ccc4c(n3)CC3=C4CCCC3)cnc21. The highest BCUT2D eigenvalue weighted by Crippen LogP contribution is 2.46. The minimum atomic E-state index is -2.04. The molecule has 0 N–H and O–H groups in total. The Morgan fingerprint density at radius 1 is 1.00 bits per heavy atom. The lowest BCUT2D eigenvalue weighted by Crippen LogP contribution is -2.51. The molecule has 2 aliphatic carbocycles. The average Bonchev–Trinajstić information content (AvgIpc) is 3.54. The summed E-state index contributed by atoms with van der Waals surface area (Å²) in [7, 11) is -2.04. The van der Waals surface area contributed by atoms with Crippen LogP contribution in [0.25, 0.3) is 16.6 Å². The number of hydrogen-bond acceptors (Lipinski definition) is 4. The summed E-state index contributed by atoms with van der Waals surface area (Å²) in [5.41, 5.74) is 12.1. The lowest BCUT2D eigenvalue weighted by Gasteiger charge is -2.44. The van der Waals surface area contributed by atoms with E-state index in [-0.39, 0.29) is 6.09 Å². The first kappa shape index (κ1) is 33.0. The van der Waals surface area contributed by atoms with Crippen molar-refractivity contribution in [2.24, 2.45) is 0 Å². The summed E-state index contributed by atoms with van der Waals surface area (Å²) in [5, 5.41) is 1.30. The van der Waals surface area contributed by atoms with Crippen molar-refractivity contribution in [1.82, 2.24) is 19.1 Å². The molecule has 1 fully saturated rings. The Morgan fingerprint density at radius 3 is 2.33 bits per heavy atom. The van der Waals surface area contributed by atoms with E-state index in [2.05, 4.69) is 76.4 Å². The Bertz CT molecular complexity index is 1610. The maximum absolute atomic E-state index is 12.9. The van der Waals surface area contributed by atoms with E-state index in [1.54, 1.807) is 11.1 Å². The van der Waals surface area contributed by atoms with Gasteiger partial charge in [0.1, 0.15) is 11.2 Å². The van der Waals surface area contributed by atoms with Crippen LogP contribution in [0.5, 0.6) is 0 Å². The third-order valence-electron chi connectivity index (χ3n) is 11.2. The third kappa shape index (κ3) is 5.97. The molecule has 1 saturated heterocycles. The van der Waals surface area contributed by atoms with E-state index < -0.39 is 13.8 Å². The van der Waals surface area contributed by atoms with Gasteiger partial charge in [-0.1, -0.05) is 53.2 Å². The van der Waals surface area contributed by atoms with Gasteiger partial charge in [0.25, 0.3) is 0 Å². The molecule has 3 aromatic heterocycles. The van der Waals surface area contributed by atoms with Crippen LogP contribution in [0.4, 0.5) is 4.79 Å². The van der Waals surface area contributed by atoms with Crippen LogP contribution in [-0.4, -0.2) is 52.1 Å². The molecule has 0 radical (unpaired) electrons. The number of rotatable bonds is 7. The fourth-order valence-corrected chi connectivity index (χ4v) is 16.0. The van der Waals surface area contributed by atoms with Gasteiger partial charge in [-0.25, -0.2) is 9.78 Å². The first-order valence-electron chi connectivity index (χ1n) is 18.0. The molecule has 3 aliphatic rings. The predicted molar refractivity (Wildman–Crippen MR) is 192 cm³/mol. The molecule has 6 rings (SSSR count). The van der Waals surface area contributed by atoms with Gasteiger partial charge in [-0.3, -0.25) is 4.98 Å². The standard InChI is InChI=1S/C39H56N4O2Si/c1-25(2)46(26(3)4,27(5)6)43-24-35(29-16-18-42(19-17-29)38(44)45-39(7,8)9)34-21-28(23-40-37(34)43)20-31-14-15-33-32-13-11-10-12-30(32)22-36(33)41-31/h14-15,21,23-27,29H,10-13,16-20,22H2,1-9H3. The smallest absolute Gasteiger partial charge is 0.410 e. The van der Waals surface area contributed by atoms with Crippen molar-refractivity contribution in [2.45, 2.75) is 142 Å². The third-order valence-corrected chi connectivity index (χ3v) is 17.9. The molecule has 0 spiro atoms. The number of allylic oxidation sites excluding steroid dienone is 2. The first-order valence-corrected chi connectivity index (χ1v) is 20.2. The highest BCUT2D eigenvalue weighted by molar-refractivity contribution is 6.82. The molecule has 7 heteroatoms. The topological polar surface area (TPSA) is 60.2 Å². The van der Waals surface area contributed by atoms with Crippen LogP contribution in [-0.2, 0) is 17.6 Å². The zero-order chi connectivity index (χ0) is 33.0. The van der Waals surface area contributed by atoms with Gasteiger partial charge in [0.05, 0.1) is 5.69 Å². The van der Waals surface area contributed by atoms with Crippen LogP contribution < -0.4 is 0 Å². The Labute approximate surface area is 278 Å². The predicted octanol–water partition coefficient (Wildman–Crippen LogP) is 10.0.